The molecule has 1 aromatic carbocycles. The number of carbonyl (C=O) groups is 5. The number of ether oxygens (including phenoxy) is 1. The zero-order valence-corrected chi connectivity index (χ0v) is 25.3. The molecular weight excluding hydrogens is 550 g/mol. The number of amides is 6. The van der Waals surface area contributed by atoms with E-state index in [4.69, 9.17) is 4.74 Å². The third-order valence-corrected chi connectivity index (χ3v) is 9.55. The van der Waals surface area contributed by atoms with Crippen LogP contribution >= 0.6 is 0 Å². The largest absolute Gasteiger partial charge is 0.484 e. The summed E-state index contributed by atoms with van der Waals surface area (Å²) >= 11 is 0. The Morgan fingerprint density at radius 1 is 0.884 bits per heavy atom. The van der Waals surface area contributed by atoms with Crippen molar-refractivity contribution in [1.82, 2.24) is 20.4 Å². The molecule has 4 fully saturated rings. The van der Waals surface area contributed by atoms with Gasteiger partial charge in [-0.25, -0.2) is 4.79 Å². The molecule has 234 valence electrons. The maximum atomic E-state index is 13.2. The minimum atomic E-state index is -0.465. The normalized spacial score (nSPS) is 21.0. The summed E-state index contributed by atoms with van der Waals surface area (Å²) in [6.45, 7) is 5.23. The summed E-state index contributed by atoms with van der Waals surface area (Å²) in [5.74, 6) is 0.960. The molecule has 43 heavy (non-hydrogen) atoms. The summed E-state index contributed by atoms with van der Waals surface area (Å²) in [5, 5.41) is 5.50. The molecule has 2 N–H and O–H groups in total. The molecule has 5 rings (SSSR count). The second-order valence-corrected chi connectivity index (χ2v) is 12.5. The molecule has 1 saturated carbocycles. The van der Waals surface area contributed by atoms with Gasteiger partial charge in [-0.05, 0) is 63.0 Å². The van der Waals surface area contributed by atoms with Crippen LogP contribution in [0.1, 0.15) is 69.8 Å². The number of nitrogens with one attached hydrogen (secondary N) is 2. The number of imide groups is 1. The third-order valence-electron chi connectivity index (χ3n) is 9.55. The van der Waals surface area contributed by atoms with Crippen LogP contribution < -0.4 is 20.3 Å². The van der Waals surface area contributed by atoms with Crippen LogP contribution in [0.4, 0.5) is 10.5 Å². The van der Waals surface area contributed by atoms with Gasteiger partial charge in [0.1, 0.15) is 5.75 Å². The Hall–Kier alpha value is -3.63. The van der Waals surface area contributed by atoms with Gasteiger partial charge in [-0.1, -0.05) is 25.3 Å². The van der Waals surface area contributed by atoms with E-state index in [1.807, 2.05) is 17.9 Å². The highest BCUT2D eigenvalue weighted by Gasteiger charge is 2.33. The summed E-state index contributed by atoms with van der Waals surface area (Å²) in [5.41, 5.74) is 1.50. The molecule has 0 atom stereocenters. The first-order chi connectivity index (χ1) is 20.8. The maximum Gasteiger partial charge on any atom is 0.328 e. The predicted molar refractivity (Wildman–Crippen MR) is 160 cm³/mol. The van der Waals surface area contributed by atoms with Crippen LogP contribution in [0.25, 0.3) is 0 Å². The summed E-state index contributed by atoms with van der Waals surface area (Å²) in [4.78, 5) is 67.6. The fourth-order valence-corrected chi connectivity index (χ4v) is 6.75. The minimum absolute atomic E-state index is 0.0743. The molecular formula is C32H45N5O6. The van der Waals surface area contributed by atoms with Crippen LogP contribution in [-0.4, -0.2) is 85.3 Å². The van der Waals surface area contributed by atoms with E-state index < -0.39 is 6.03 Å². The van der Waals surface area contributed by atoms with Crippen LogP contribution in [0.15, 0.2) is 18.2 Å². The van der Waals surface area contributed by atoms with E-state index in [0.717, 1.165) is 57.2 Å². The molecule has 0 bridgehead atoms. The number of anilines is 1. The lowest BCUT2D eigenvalue weighted by Gasteiger charge is -2.37. The van der Waals surface area contributed by atoms with Gasteiger partial charge in [0.05, 0.1) is 5.69 Å². The Kier molecular flexibility index (Phi) is 10.2. The fraction of sp³-hybridized carbons (Fsp3) is 0.656. The Bertz CT molecular complexity index is 1200. The van der Waals surface area contributed by atoms with E-state index in [0.29, 0.717) is 49.8 Å². The lowest BCUT2D eigenvalue weighted by atomic mass is 9.88. The molecule has 3 saturated heterocycles. The standard InChI is InChI=1S/C32H45N5O6/c1-22-7-8-26(19-27(22)37-18-13-28(38)34-32(37)42)43-21-29(39)35-16-11-25(12-17-35)31(41)36-14-9-23(10-15-36)20-33-30(40)24-5-3-2-4-6-24/h7-8,19,23-25H,2-6,9-18,20-21H2,1H3,(H,33,40)(H,34,38,42). The Balaban J connectivity index is 1.01. The monoisotopic (exact) mass is 595 g/mol. The molecule has 0 aromatic heterocycles. The molecule has 3 aliphatic heterocycles. The average Bonchev–Trinajstić information content (AvgIpc) is 3.03. The molecule has 0 spiro atoms. The van der Waals surface area contributed by atoms with Gasteiger partial charge >= 0.3 is 6.03 Å². The molecule has 1 aliphatic carbocycles. The van der Waals surface area contributed by atoms with E-state index in [2.05, 4.69) is 10.6 Å². The van der Waals surface area contributed by atoms with Crippen LogP contribution in [0.3, 0.4) is 0 Å². The molecule has 3 heterocycles. The van der Waals surface area contributed by atoms with Crippen LogP contribution in [0.5, 0.6) is 5.75 Å². The van der Waals surface area contributed by atoms with E-state index in [-0.39, 0.29) is 55.0 Å². The molecule has 0 radical (unpaired) electrons. The average molecular weight is 596 g/mol. The Morgan fingerprint density at radius 2 is 1.58 bits per heavy atom. The number of likely N-dealkylation sites (tertiary alicyclic amines) is 2. The van der Waals surface area contributed by atoms with Crippen molar-refractivity contribution < 1.29 is 28.7 Å². The van der Waals surface area contributed by atoms with Crippen molar-refractivity contribution in [2.45, 2.75) is 71.1 Å². The molecule has 11 heteroatoms. The van der Waals surface area contributed by atoms with Gasteiger partial charge in [0.25, 0.3) is 5.91 Å². The number of hydrogen-bond acceptors (Lipinski definition) is 6. The van der Waals surface area contributed by atoms with Gasteiger partial charge in [0, 0.05) is 63.6 Å². The lowest BCUT2D eigenvalue weighted by molar-refractivity contribution is -0.142. The first-order valence-corrected chi connectivity index (χ1v) is 16.0. The number of hydrogen-bond donors (Lipinski definition) is 2. The SMILES string of the molecule is Cc1ccc(OCC(=O)N2CCC(C(=O)N3CCC(CNC(=O)C4CCCCC4)CC3)CC2)cc1N1CCC(=O)NC1=O. The molecule has 11 nitrogen and oxygen atoms in total. The van der Waals surface area contributed by atoms with E-state index in [9.17, 15) is 24.0 Å². The Labute approximate surface area is 253 Å². The quantitative estimate of drug-likeness (QED) is 0.476. The smallest absolute Gasteiger partial charge is 0.328 e. The van der Waals surface area contributed by atoms with Gasteiger partial charge in [-0.15, -0.1) is 0 Å². The summed E-state index contributed by atoms with van der Waals surface area (Å²) < 4.78 is 5.79. The van der Waals surface area contributed by atoms with Crippen molar-refractivity contribution in [2.75, 3.05) is 50.8 Å². The highest BCUT2D eigenvalue weighted by molar-refractivity contribution is 6.06. The van der Waals surface area contributed by atoms with Crippen LogP contribution in [0, 0.1) is 24.7 Å². The Morgan fingerprint density at radius 3 is 2.28 bits per heavy atom. The molecule has 0 unspecified atom stereocenters. The van der Waals surface area contributed by atoms with Crippen molar-refractivity contribution in [3.63, 3.8) is 0 Å². The summed E-state index contributed by atoms with van der Waals surface area (Å²) in [6.07, 6.45) is 8.89. The molecule has 4 aliphatic rings. The number of benzene rings is 1. The number of piperidine rings is 2. The topological polar surface area (TPSA) is 128 Å². The minimum Gasteiger partial charge on any atom is -0.484 e. The second-order valence-electron chi connectivity index (χ2n) is 12.5. The number of rotatable bonds is 8. The van der Waals surface area contributed by atoms with E-state index in [1.54, 1.807) is 17.0 Å². The zero-order valence-electron chi connectivity index (χ0n) is 25.3. The van der Waals surface area contributed by atoms with Crippen molar-refractivity contribution >= 4 is 35.3 Å². The number of aryl methyl sites for hydroxylation is 1. The first kappa shape index (κ1) is 30.8. The highest BCUT2D eigenvalue weighted by Crippen LogP contribution is 2.28. The van der Waals surface area contributed by atoms with E-state index >= 15 is 0 Å². The first-order valence-electron chi connectivity index (χ1n) is 16.0. The highest BCUT2D eigenvalue weighted by atomic mass is 16.5. The van der Waals surface area contributed by atoms with E-state index in [1.165, 1.54) is 11.3 Å². The summed E-state index contributed by atoms with van der Waals surface area (Å²) in [6, 6.07) is 4.84. The van der Waals surface area contributed by atoms with Crippen molar-refractivity contribution in [3.8, 4) is 5.75 Å². The van der Waals surface area contributed by atoms with Crippen molar-refractivity contribution in [3.05, 3.63) is 23.8 Å². The fourth-order valence-electron chi connectivity index (χ4n) is 6.75. The molecule has 6 amide bonds. The second kappa shape index (κ2) is 14.2. The maximum absolute atomic E-state index is 13.2. The van der Waals surface area contributed by atoms with Crippen molar-refractivity contribution in [1.29, 1.82) is 0 Å². The van der Waals surface area contributed by atoms with Gasteiger partial charge in [0.15, 0.2) is 6.61 Å². The predicted octanol–water partition coefficient (Wildman–Crippen LogP) is 2.99. The van der Waals surface area contributed by atoms with Gasteiger partial charge < -0.3 is 19.9 Å². The van der Waals surface area contributed by atoms with Gasteiger partial charge in [-0.2, -0.15) is 0 Å². The zero-order chi connectivity index (χ0) is 30.3. The molecule has 1 aromatic rings. The number of nitrogens with zero attached hydrogens (tertiary/aromatic N) is 3. The van der Waals surface area contributed by atoms with Crippen LogP contribution in [0.2, 0.25) is 0 Å². The van der Waals surface area contributed by atoms with Gasteiger partial charge in [0.2, 0.25) is 17.7 Å². The van der Waals surface area contributed by atoms with Crippen LogP contribution in [-0.2, 0) is 19.2 Å². The van der Waals surface area contributed by atoms with Crippen molar-refractivity contribution in [2.24, 2.45) is 17.8 Å². The van der Waals surface area contributed by atoms with Gasteiger partial charge in [-0.3, -0.25) is 29.4 Å². The lowest BCUT2D eigenvalue weighted by Crippen LogP contribution is -2.49. The third kappa shape index (κ3) is 7.86. The number of carbonyl (C=O) groups excluding carboxylic acids is 5. The summed E-state index contributed by atoms with van der Waals surface area (Å²) in [7, 11) is 0. The number of urea groups is 1.